The minimum atomic E-state index is -0.405. The third kappa shape index (κ3) is 3.57. The summed E-state index contributed by atoms with van der Waals surface area (Å²) in [6, 6.07) is 9.35. The Labute approximate surface area is 136 Å². The van der Waals surface area contributed by atoms with Gasteiger partial charge in [-0.25, -0.2) is 4.39 Å². The summed E-state index contributed by atoms with van der Waals surface area (Å²) in [6.07, 6.45) is 0. The van der Waals surface area contributed by atoms with Crippen LogP contribution in [-0.2, 0) is 6.54 Å². The van der Waals surface area contributed by atoms with E-state index in [9.17, 15) is 9.18 Å². The van der Waals surface area contributed by atoms with Crippen molar-refractivity contribution in [1.82, 2.24) is 5.32 Å². The van der Waals surface area contributed by atoms with Crippen LogP contribution in [0.1, 0.15) is 15.9 Å². The molecule has 0 aliphatic heterocycles. The van der Waals surface area contributed by atoms with Gasteiger partial charge >= 0.3 is 0 Å². The molecular weight excluding hydrogens is 353 g/mol. The summed E-state index contributed by atoms with van der Waals surface area (Å²) in [7, 11) is 3.09. The van der Waals surface area contributed by atoms with Gasteiger partial charge in [-0.05, 0) is 40.2 Å². The van der Waals surface area contributed by atoms with Crippen molar-refractivity contribution in [2.75, 3.05) is 14.2 Å². The second kappa shape index (κ2) is 7.26. The molecule has 116 valence electrons. The summed E-state index contributed by atoms with van der Waals surface area (Å²) < 4.78 is 24.0. The Hall–Kier alpha value is -2.08. The molecule has 0 unspecified atom stereocenters. The van der Waals surface area contributed by atoms with Gasteiger partial charge in [0.2, 0.25) is 0 Å². The van der Waals surface area contributed by atoms with Gasteiger partial charge in [0.1, 0.15) is 5.82 Å². The second-order valence-corrected chi connectivity index (χ2v) is 5.31. The number of carbonyl (C=O) groups excluding carboxylic acids is 1. The Kier molecular flexibility index (Phi) is 5.38. The quantitative estimate of drug-likeness (QED) is 0.879. The number of methoxy groups -OCH3 is 2. The van der Waals surface area contributed by atoms with Crippen LogP contribution in [0.2, 0.25) is 0 Å². The molecule has 0 saturated heterocycles. The first-order chi connectivity index (χ1) is 10.6. The van der Waals surface area contributed by atoms with Crippen LogP contribution >= 0.6 is 15.9 Å². The first-order valence-electron chi connectivity index (χ1n) is 6.50. The number of hydrogen-bond donors (Lipinski definition) is 1. The summed E-state index contributed by atoms with van der Waals surface area (Å²) in [5.74, 6) is 0.454. The number of benzene rings is 2. The highest BCUT2D eigenvalue weighted by atomic mass is 79.9. The molecule has 1 amide bonds. The lowest BCUT2D eigenvalue weighted by molar-refractivity contribution is 0.0950. The summed E-state index contributed by atoms with van der Waals surface area (Å²) in [5, 5.41) is 2.77. The van der Waals surface area contributed by atoms with Crippen LogP contribution in [-0.4, -0.2) is 20.1 Å². The van der Waals surface area contributed by atoms with E-state index < -0.39 is 5.82 Å². The normalized spacial score (nSPS) is 10.2. The van der Waals surface area contributed by atoms with E-state index in [0.29, 0.717) is 21.5 Å². The van der Waals surface area contributed by atoms with Crippen molar-refractivity contribution in [3.63, 3.8) is 0 Å². The average molecular weight is 368 g/mol. The summed E-state index contributed by atoms with van der Waals surface area (Å²) in [4.78, 5) is 12.2. The third-order valence-electron chi connectivity index (χ3n) is 3.10. The van der Waals surface area contributed by atoms with E-state index in [4.69, 9.17) is 9.47 Å². The summed E-state index contributed by atoms with van der Waals surface area (Å²) >= 11 is 3.18. The van der Waals surface area contributed by atoms with Gasteiger partial charge in [0.15, 0.2) is 11.5 Å². The average Bonchev–Trinajstić information content (AvgIpc) is 2.51. The van der Waals surface area contributed by atoms with Crippen LogP contribution in [0.4, 0.5) is 4.39 Å². The first-order valence-corrected chi connectivity index (χ1v) is 7.29. The van der Waals surface area contributed by atoms with Gasteiger partial charge in [0.25, 0.3) is 5.91 Å². The lowest BCUT2D eigenvalue weighted by Crippen LogP contribution is -2.23. The standard InChI is InChI=1S/C16H15BrFNO3/c1-21-14-5-3-4-10(15(14)22-2)9-19-16(20)12-7-6-11(18)8-13(12)17/h3-8H,9H2,1-2H3,(H,19,20). The smallest absolute Gasteiger partial charge is 0.252 e. The zero-order valence-corrected chi connectivity index (χ0v) is 13.7. The Balaban J connectivity index is 2.14. The van der Waals surface area contributed by atoms with Gasteiger partial charge in [0.05, 0.1) is 19.8 Å². The molecule has 0 fully saturated rings. The van der Waals surface area contributed by atoms with E-state index in [-0.39, 0.29) is 12.5 Å². The maximum Gasteiger partial charge on any atom is 0.252 e. The molecule has 0 atom stereocenters. The van der Waals surface area contributed by atoms with Gasteiger partial charge < -0.3 is 14.8 Å². The number of ether oxygens (including phenoxy) is 2. The number of nitrogens with one attached hydrogen (secondary N) is 1. The van der Waals surface area contributed by atoms with E-state index in [1.807, 2.05) is 12.1 Å². The van der Waals surface area contributed by atoms with Crippen LogP contribution < -0.4 is 14.8 Å². The number of halogens is 2. The minimum absolute atomic E-state index is 0.267. The lowest BCUT2D eigenvalue weighted by Gasteiger charge is -2.13. The number of para-hydroxylation sites is 1. The highest BCUT2D eigenvalue weighted by Gasteiger charge is 2.13. The highest BCUT2D eigenvalue weighted by molar-refractivity contribution is 9.10. The van der Waals surface area contributed by atoms with Crippen molar-refractivity contribution in [2.24, 2.45) is 0 Å². The van der Waals surface area contributed by atoms with Gasteiger partial charge in [-0.2, -0.15) is 0 Å². The maximum absolute atomic E-state index is 13.1. The molecule has 0 saturated carbocycles. The molecule has 6 heteroatoms. The van der Waals surface area contributed by atoms with Crippen molar-refractivity contribution < 1.29 is 18.7 Å². The molecule has 22 heavy (non-hydrogen) atoms. The van der Waals surface area contributed by atoms with Crippen LogP contribution in [0.15, 0.2) is 40.9 Å². The van der Waals surface area contributed by atoms with Gasteiger partial charge in [0, 0.05) is 16.6 Å². The molecular formula is C16H15BrFNO3. The van der Waals surface area contributed by atoms with Crippen molar-refractivity contribution in [3.05, 3.63) is 57.8 Å². The summed E-state index contributed by atoms with van der Waals surface area (Å²) in [5.41, 5.74) is 1.15. The molecule has 2 aromatic carbocycles. The molecule has 0 radical (unpaired) electrons. The van der Waals surface area contributed by atoms with E-state index in [1.54, 1.807) is 20.3 Å². The van der Waals surface area contributed by atoms with Crippen molar-refractivity contribution >= 4 is 21.8 Å². The maximum atomic E-state index is 13.1. The number of hydrogen-bond acceptors (Lipinski definition) is 3. The molecule has 0 bridgehead atoms. The van der Waals surface area contributed by atoms with E-state index in [0.717, 1.165) is 5.56 Å². The molecule has 2 aromatic rings. The number of rotatable bonds is 5. The molecule has 0 spiro atoms. The zero-order valence-electron chi connectivity index (χ0n) is 12.2. The van der Waals surface area contributed by atoms with Crippen LogP contribution in [0.3, 0.4) is 0 Å². The molecule has 2 rings (SSSR count). The fourth-order valence-electron chi connectivity index (χ4n) is 2.04. The first kappa shape index (κ1) is 16.3. The Morgan fingerprint density at radius 2 is 2.00 bits per heavy atom. The van der Waals surface area contributed by atoms with Crippen molar-refractivity contribution in [3.8, 4) is 11.5 Å². The molecule has 1 N–H and O–H groups in total. The van der Waals surface area contributed by atoms with Gasteiger partial charge in [-0.1, -0.05) is 12.1 Å². The molecule has 4 nitrogen and oxygen atoms in total. The van der Waals surface area contributed by atoms with E-state index >= 15 is 0 Å². The lowest BCUT2D eigenvalue weighted by atomic mass is 10.1. The van der Waals surface area contributed by atoms with Crippen molar-refractivity contribution in [1.29, 1.82) is 0 Å². The topological polar surface area (TPSA) is 47.6 Å². The fourth-order valence-corrected chi connectivity index (χ4v) is 2.57. The monoisotopic (exact) mass is 367 g/mol. The number of amides is 1. The second-order valence-electron chi connectivity index (χ2n) is 4.46. The Bertz CT molecular complexity index is 691. The largest absolute Gasteiger partial charge is 0.493 e. The van der Waals surface area contributed by atoms with Crippen LogP contribution in [0, 0.1) is 5.82 Å². The fraction of sp³-hybridized carbons (Fsp3) is 0.188. The molecule has 0 aliphatic rings. The number of carbonyl (C=O) groups is 1. The minimum Gasteiger partial charge on any atom is -0.493 e. The van der Waals surface area contributed by atoms with E-state index in [1.165, 1.54) is 18.2 Å². The predicted octanol–water partition coefficient (Wildman–Crippen LogP) is 3.54. The summed E-state index contributed by atoms with van der Waals surface area (Å²) in [6.45, 7) is 0.267. The van der Waals surface area contributed by atoms with E-state index in [2.05, 4.69) is 21.2 Å². The molecule has 0 aromatic heterocycles. The SMILES string of the molecule is COc1cccc(CNC(=O)c2ccc(F)cc2Br)c1OC. The zero-order chi connectivity index (χ0) is 16.1. The molecule has 0 aliphatic carbocycles. The third-order valence-corrected chi connectivity index (χ3v) is 3.76. The highest BCUT2D eigenvalue weighted by Crippen LogP contribution is 2.30. The Morgan fingerprint density at radius 3 is 2.64 bits per heavy atom. The van der Waals surface area contributed by atoms with Crippen LogP contribution in [0.5, 0.6) is 11.5 Å². The van der Waals surface area contributed by atoms with Gasteiger partial charge in [-0.3, -0.25) is 4.79 Å². The Morgan fingerprint density at radius 1 is 1.23 bits per heavy atom. The van der Waals surface area contributed by atoms with Gasteiger partial charge in [-0.15, -0.1) is 0 Å². The van der Waals surface area contributed by atoms with Crippen LogP contribution in [0.25, 0.3) is 0 Å². The predicted molar refractivity (Wildman–Crippen MR) is 84.8 cm³/mol. The van der Waals surface area contributed by atoms with Crippen molar-refractivity contribution in [2.45, 2.75) is 6.54 Å². The molecule has 0 heterocycles.